The quantitative estimate of drug-likeness (QED) is 0.582. The Morgan fingerprint density at radius 2 is 1.89 bits per heavy atom. The molecule has 1 aromatic carbocycles. The molecule has 1 fully saturated rings. The number of hydrogen-bond acceptors (Lipinski definition) is 4. The van der Waals surface area contributed by atoms with Crippen LogP contribution in [0.2, 0.25) is 0 Å². The molecule has 2 atom stereocenters. The zero-order valence-corrected chi connectivity index (χ0v) is 14.2. The van der Waals surface area contributed by atoms with Gasteiger partial charge < -0.3 is 9.64 Å². The summed E-state index contributed by atoms with van der Waals surface area (Å²) in [6, 6.07) is 4.92. The van der Waals surface area contributed by atoms with Gasteiger partial charge in [0.25, 0.3) is 5.91 Å². The number of alkyl halides is 3. The van der Waals surface area contributed by atoms with Gasteiger partial charge in [0.2, 0.25) is 11.8 Å². The first-order valence-electron chi connectivity index (χ1n) is 7.91. The lowest BCUT2D eigenvalue weighted by Crippen LogP contribution is -2.49. The Kier molecular flexibility index (Phi) is 6.24. The lowest BCUT2D eigenvalue weighted by Gasteiger charge is -2.18. The fourth-order valence-corrected chi connectivity index (χ4v) is 2.41. The number of benzene rings is 1. The predicted molar refractivity (Wildman–Crippen MR) is 83.5 cm³/mol. The third-order valence-corrected chi connectivity index (χ3v) is 3.76. The summed E-state index contributed by atoms with van der Waals surface area (Å²) in [6.45, 7) is -0.429. The van der Waals surface area contributed by atoms with Gasteiger partial charge in [0, 0.05) is 13.0 Å². The number of ether oxygens (including phenoxy) is 1. The van der Waals surface area contributed by atoms with Gasteiger partial charge in [-0.1, -0.05) is 0 Å². The first kappa shape index (κ1) is 20.5. The van der Waals surface area contributed by atoms with E-state index < -0.39 is 48.3 Å². The Bertz CT molecular complexity index is 709. The van der Waals surface area contributed by atoms with Gasteiger partial charge in [-0.25, -0.2) is 4.39 Å². The van der Waals surface area contributed by atoms with E-state index in [4.69, 9.17) is 4.74 Å². The monoisotopic (exact) mass is 391 g/mol. The number of nitrogens with one attached hydrogen (secondary N) is 2. The molecular weight excluding hydrogens is 374 g/mol. The topological polar surface area (TPSA) is 87.7 Å². The van der Waals surface area contributed by atoms with E-state index in [0.29, 0.717) is 4.90 Å². The molecule has 0 saturated carbocycles. The highest BCUT2D eigenvalue weighted by Gasteiger charge is 2.40. The summed E-state index contributed by atoms with van der Waals surface area (Å²) in [5, 5.41) is 0. The van der Waals surface area contributed by atoms with Crippen LogP contribution in [0.4, 0.5) is 17.6 Å². The van der Waals surface area contributed by atoms with E-state index >= 15 is 0 Å². The van der Waals surface area contributed by atoms with Gasteiger partial charge in [0.05, 0.1) is 5.92 Å². The van der Waals surface area contributed by atoms with E-state index in [1.807, 2.05) is 0 Å². The van der Waals surface area contributed by atoms with Gasteiger partial charge in [-0.05, 0) is 31.2 Å². The van der Waals surface area contributed by atoms with E-state index in [2.05, 4.69) is 10.9 Å². The van der Waals surface area contributed by atoms with Crippen molar-refractivity contribution in [2.45, 2.75) is 25.6 Å². The molecular formula is C16H17F4N3O4. The number of hydrazine groups is 1. The van der Waals surface area contributed by atoms with Gasteiger partial charge in [-0.3, -0.25) is 25.2 Å². The molecule has 27 heavy (non-hydrogen) atoms. The number of likely N-dealkylation sites (tertiary alicyclic amines) is 1. The van der Waals surface area contributed by atoms with Crippen molar-refractivity contribution in [1.29, 1.82) is 0 Å². The van der Waals surface area contributed by atoms with Gasteiger partial charge in [-0.15, -0.1) is 0 Å². The summed E-state index contributed by atoms with van der Waals surface area (Å²) in [6.07, 6.45) is -5.97. The van der Waals surface area contributed by atoms with Crippen molar-refractivity contribution < 1.29 is 36.7 Å². The normalized spacial score (nSPS) is 18.2. The molecule has 3 amide bonds. The minimum absolute atomic E-state index is 0.231. The highest BCUT2D eigenvalue weighted by Crippen LogP contribution is 2.23. The third-order valence-electron chi connectivity index (χ3n) is 3.76. The van der Waals surface area contributed by atoms with E-state index in [-0.39, 0.29) is 18.7 Å². The second-order valence-electron chi connectivity index (χ2n) is 5.98. The van der Waals surface area contributed by atoms with Crippen LogP contribution in [-0.4, -0.2) is 48.0 Å². The van der Waals surface area contributed by atoms with Crippen LogP contribution in [0.5, 0.6) is 5.75 Å². The number of nitrogens with zero attached hydrogens (tertiary/aromatic N) is 1. The van der Waals surface area contributed by atoms with E-state index in [0.717, 1.165) is 12.1 Å². The van der Waals surface area contributed by atoms with Crippen molar-refractivity contribution in [2.24, 2.45) is 5.92 Å². The van der Waals surface area contributed by atoms with E-state index in [1.165, 1.54) is 19.1 Å². The fourth-order valence-electron chi connectivity index (χ4n) is 2.41. The van der Waals surface area contributed by atoms with Crippen molar-refractivity contribution in [1.82, 2.24) is 15.8 Å². The summed E-state index contributed by atoms with van der Waals surface area (Å²) in [4.78, 5) is 36.0. The number of halogens is 4. The molecule has 0 spiro atoms. The molecule has 2 N–H and O–H groups in total. The van der Waals surface area contributed by atoms with Crippen LogP contribution in [0, 0.1) is 11.7 Å². The average Bonchev–Trinajstić information content (AvgIpc) is 2.93. The zero-order valence-electron chi connectivity index (χ0n) is 14.2. The van der Waals surface area contributed by atoms with Gasteiger partial charge in [-0.2, -0.15) is 13.2 Å². The van der Waals surface area contributed by atoms with Crippen LogP contribution in [0.3, 0.4) is 0 Å². The summed E-state index contributed by atoms with van der Waals surface area (Å²) >= 11 is 0. The second-order valence-corrected chi connectivity index (χ2v) is 5.98. The molecule has 7 nitrogen and oxygen atoms in total. The molecule has 1 aliphatic rings. The molecule has 0 aliphatic carbocycles. The Labute approximate surface area is 151 Å². The smallest absolute Gasteiger partial charge is 0.406 e. The van der Waals surface area contributed by atoms with Crippen LogP contribution in [0.1, 0.15) is 13.3 Å². The van der Waals surface area contributed by atoms with Crippen LogP contribution in [-0.2, 0) is 14.4 Å². The van der Waals surface area contributed by atoms with Gasteiger partial charge in [0.1, 0.15) is 18.1 Å². The van der Waals surface area contributed by atoms with Crippen molar-refractivity contribution in [3.63, 3.8) is 0 Å². The average molecular weight is 391 g/mol. The van der Waals surface area contributed by atoms with Crippen molar-refractivity contribution in [3.8, 4) is 5.75 Å². The summed E-state index contributed by atoms with van der Waals surface area (Å²) < 4.78 is 55.2. The number of carbonyl (C=O) groups excluding carboxylic acids is 3. The lowest BCUT2D eigenvalue weighted by atomic mass is 10.1. The van der Waals surface area contributed by atoms with Crippen molar-refractivity contribution in [2.75, 3.05) is 13.1 Å². The molecule has 11 heteroatoms. The molecule has 2 unspecified atom stereocenters. The predicted octanol–water partition coefficient (Wildman–Crippen LogP) is 1.15. The molecule has 2 rings (SSSR count). The number of rotatable bonds is 5. The number of hydrogen-bond donors (Lipinski definition) is 2. The third kappa shape index (κ3) is 6.12. The molecule has 1 heterocycles. The number of carbonyl (C=O) groups is 3. The molecule has 1 saturated heterocycles. The van der Waals surface area contributed by atoms with Crippen LogP contribution < -0.4 is 15.6 Å². The maximum Gasteiger partial charge on any atom is 0.406 e. The molecule has 1 aromatic rings. The Morgan fingerprint density at radius 3 is 2.48 bits per heavy atom. The maximum atomic E-state index is 12.8. The van der Waals surface area contributed by atoms with Gasteiger partial charge >= 0.3 is 6.18 Å². The second kappa shape index (κ2) is 8.23. The van der Waals surface area contributed by atoms with Crippen molar-refractivity contribution >= 4 is 17.7 Å². The Balaban J connectivity index is 1.80. The fraction of sp³-hybridized carbons (Fsp3) is 0.438. The first-order chi connectivity index (χ1) is 12.5. The highest BCUT2D eigenvalue weighted by molar-refractivity contribution is 5.90. The number of amides is 3. The molecule has 0 radical (unpaired) electrons. The highest BCUT2D eigenvalue weighted by atomic mass is 19.4. The van der Waals surface area contributed by atoms with Crippen molar-refractivity contribution in [3.05, 3.63) is 30.1 Å². The van der Waals surface area contributed by atoms with Crippen LogP contribution in [0.15, 0.2) is 24.3 Å². The summed E-state index contributed by atoms with van der Waals surface area (Å²) in [5.74, 6) is -3.55. The van der Waals surface area contributed by atoms with E-state index in [9.17, 15) is 31.9 Å². The first-order valence-corrected chi connectivity index (χ1v) is 7.91. The molecule has 1 aliphatic heterocycles. The largest absolute Gasteiger partial charge is 0.481 e. The molecule has 0 aromatic heterocycles. The lowest BCUT2D eigenvalue weighted by molar-refractivity contribution is -0.157. The maximum absolute atomic E-state index is 12.8. The SMILES string of the molecule is CC(Oc1ccc(F)cc1)C(=O)NNC(=O)C1CC(=O)N(CC(F)(F)F)C1. The standard InChI is InChI=1S/C16H17F4N3O4/c1-9(27-12-4-2-11(17)3-5-12)14(25)21-22-15(26)10-6-13(24)23(7-10)8-16(18,19)20/h2-5,9-10H,6-8H2,1H3,(H,21,25)(H,22,26). The minimum atomic E-state index is -4.55. The Morgan fingerprint density at radius 1 is 1.26 bits per heavy atom. The summed E-state index contributed by atoms with van der Waals surface area (Å²) in [7, 11) is 0. The summed E-state index contributed by atoms with van der Waals surface area (Å²) in [5.41, 5.74) is 4.14. The minimum Gasteiger partial charge on any atom is -0.481 e. The molecule has 0 bridgehead atoms. The Hall–Kier alpha value is -2.85. The van der Waals surface area contributed by atoms with Crippen LogP contribution >= 0.6 is 0 Å². The van der Waals surface area contributed by atoms with E-state index in [1.54, 1.807) is 0 Å². The van der Waals surface area contributed by atoms with Crippen LogP contribution in [0.25, 0.3) is 0 Å². The zero-order chi connectivity index (χ0) is 20.2. The van der Waals surface area contributed by atoms with Gasteiger partial charge in [0.15, 0.2) is 6.10 Å². The molecule has 148 valence electrons.